The molecule has 0 heteroatoms. The van der Waals surface area contributed by atoms with E-state index in [9.17, 15) is 0 Å². The Hall–Kier alpha value is 0. The lowest BCUT2D eigenvalue weighted by molar-refractivity contribution is -0.0124. The first-order valence-electron chi connectivity index (χ1n) is 10.1. The van der Waals surface area contributed by atoms with Crippen LogP contribution in [-0.2, 0) is 0 Å². The second-order valence-corrected chi connectivity index (χ2v) is 10.0. The van der Waals surface area contributed by atoms with Crippen LogP contribution in [0.3, 0.4) is 0 Å². The van der Waals surface area contributed by atoms with Gasteiger partial charge >= 0.3 is 0 Å². The highest BCUT2D eigenvalue weighted by atomic mass is 14.8. The molecular weight excluding hydrogens is 252 g/mol. The van der Waals surface area contributed by atoms with E-state index in [-0.39, 0.29) is 0 Å². The number of fused-ring (bicyclic) bond motifs is 16. The van der Waals surface area contributed by atoms with E-state index < -0.39 is 0 Å². The molecule has 6 fully saturated rings. The Labute approximate surface area is 131 Å². The van der Waals surface area contributed by atoms with Gasteiger partial charge in [0.2, 0.25) is 0 Å². The average molecular weight is 287 g/mol. The van der Waals surface area contributed by atoms with Gasteiger partial charge in [0.05, 0.1) is 0 Å². The smallest absolute Gasteiger partial charge is 0.0315 e. The molecule has 6 aliphatic rings. The van der Waals surface area contributed by atoms with Crippen LogP contribution in [0.5, 0.6) is 0 Å². The van der Waals surface area contributed by atoms with Crippen molar-refractivity contribution in [3.63, 3.8) is 0 Å². The van der Waals surface area contributed by atoms with Crippen molar-refractivity contribution in [2.75, 3.05) is 0 Å². The molecule has 0 aromatic rings. The third kappa shape index (κ3) is 1.40. The predicted octanol–water partition coefficient (Wildman–Crippen LogP) is 5.62. The molecule has 0 radical (unpaired) electrons. The maximum atomic E-state index is 2.60. The highest BCUT2D eigenvalue weighted by Crippen LogP contribution is 2.78. The minimum atomic E-state index is 0.698. The van der Waals surface area contributed by atoms with E-state index in [1.165, 1.54) is 47.3 Å². The van der Waals surface area contributed by atoms with Gasteiger partial charge in [0.1, 0.15) is 0 Å². The standard InChI is InChI=1S/C19H28.C2H6/c1-19(2)8-11-6-14(19)18-13-7-12(17(11)18)15-9-3-4-10(5-9)16(13)15;1-2/h9-18H,3-8H2,1-2H3;1-2H3. The van der Waals surface area contributed by atoms with Gasteiger partial charge in [0.25, 0.3) is 0 Å². The zero-order chi connectivity index (χ0) is 14.5. The molecule has 0 saturated heterocycles. The first kappa shape index (κ1) is 13.4. The second-order valence-electron chi connectivity index (χ2n) is 10.0. The predicted molar refractivity (Wildman–Crippen MR) is 87.7 cm³/mol. The van der Waals surface area contributed by atoms with Gasteiger partial charge in [-0.05, 0) is 103 Å². The molecule has 0 amide bonds. The fourth-order valence-corrected chi connectivity index (χ4v) is 9.43. The summed E-state index contributed by atoms with van der Waals surface area (Å²) in [5, 5.41) is 0. The van der Waals surface area contributed by atoms with E-state index in [2.05, 4.69) is 13.8 Å². The van der Waals surface area contributed by atoms with Gasteiger partial charge in [-0.3, -0.25) is 0 Å². The molecule has 0 aliphatic heterocycles. The Morgan fingerprint density at radius 1 is 0.667 bits per heavy atom. The fraction of sp³-hybridized carbons (Fsp3) is 1.00. The van der Waals surface area contributed by atoms with Crippen LogP contribution in [0.4, 0.5) is 0 Å². The topological polar surface area (TPSA) is 0 Å². The first-order valence-corrected chi connectivity index (χ1v) is 10.1. The van der Waals surface area contributed by atoms with Crippen molar-refractivity contribution in [3.05, 3.63) is 0 Å². The quantitative estimate of drug-likeness (QED) is 0.507. The Balaban J connectivity index is 0.000000502. The summed E-state index contributed by atoms with van der Waals surface area (Å²) >= 11 is 0. The molecule has 0 N–H and O–H groups in total. The van der Waals surface area contributed by atoms with Crippen LogP contribution >= 0.6 is 0 Å². The summed E-state index contributed by atoms with van der Waals surface area (Å²) in [6.45, 7) is 9.19. The van der Waals surface area contributed by atoms with Gasteiger partial charge in [-0.25, -0.2) is 0 Å². The Kier molecular flexibility index (Phi) is 2.62. The molecule has 6 rings (SSSR count). The summed E-state index contributed by atoms with van der Waals surface area (Å²) in [7, 11) is 0. The van der Waals surface area contributed by atoms with E-state index in [1.807, 2.05) is 13.8 Å². The third-order valence-electron chi connectivity index (χ3n) is 9.37. The summed E-state index contributed by atoms with van der Waals surface area (Å²) in [6.07, 6.45) is 9.77. The van der Waals surface area contributed by atoms with E-state index in [0.29, 0.717) is 5.41 Å². The van der Waals surface area contributed by atoms with Crippen LogP contribution in [0, 0.1) is 64.6 Å². The lowest BCUT2D eigenvalue weighted by Gasteiger charge is -2.49. The molecule has 118 valence electrons. The lowest BCUT2D eigenvalue weighted by atomic mass is 9.56. The van der Waals surface area contributed by atoms with E-state index >= 15 is 0 Å². The van der Waals surface area contributed by atoms with Gasteiger partial charge in [0.15, 0.2) is 0 Å². The van der Waals surface area contributed by atoms with Crippen molar-refractivity contribution in [3.8, 4) is 0 Å². The maximum Gasteiger partial charge on any atom is -0.0315 e. The van der Waals surface area contributed by atoms with Gasteiger partial charge in [-0.15, -0.1) is 0 Å². The first-order chi connectivity index (χ1) is 10.1. The monoisotopic (exact) mass is 286 g/mol. The Morgan fingerprint density at radius 2 is 1.24 bits per heavy atom. The summed E-state index contributed by atoms with van der Waals surface area (Å²) in [5.74, 6) is 11.9. The molecule has 0 spiro atoms. The third-order valence-corrected chi connectivity index (χ3v) is 9.37. The minimum Gasteiger partial charge on any atom is -0.0683 e. The highest BCUT2D eigenvalue weighted by molar-refractivity contribution is 5.20. The number of hydrogen-bond donors (Lipinski definition) is 0. The molecule has 21 heavy (non-hydrogen) atoms. The van der Waals surface area contributed by atoms with Crippen LogP contribution < -0.4 is 0 Å². The SMILES string of the molecule is CC.CC1(C)CC2CC1C1C3CC(C4C5CCC(C5)C34)C21. The zero-order valence-electron chi connectivity index (χ0n) is 14.5. The normalized spacial score (nSPS) is 63.4. The Bertz CT molecular complexity index is 449. The van der Waals surface area contributed by atoms with Crippen molar-refractivity contribution < 1.29 is 0 Å². The molecule has 10 unspecified atom stereocenters. The minimum absolute atomic E-state index is 0.698. The fourth-order valence-electron chi connectivity index (χ4n) is 9.43. The van der Waals surface area contributed by atoms with Crippen molar-refractivity contribution in [1.29, 1.82) is 0 Å². The number of rotatable bonds is 0. The highest BCUT2D eigenvalue weighted by Gasteiger charge is 2.72. The molecular formula is C21H34. The van der Waals surface area contributed by atoms with E-state index in [1.54, 1.807) is 38.5 Å². The lowest BCUT2D eigenvalue weighted by Crippen LogP contribution is -2.44. The van der Waals surface area contributed by atoms with Crippen LogP contribution in [-0.4, -0.2) is 0 Å². The van der Waals surface area contributed by atoms with Crippen molar-refractivity contribution >= 4 is 0 Å². The van der Waals surface area contributed by atoms with Gasteiger partial charge in [0, 0.05) is 0 Å². The molecule has 0 aromatic carbocycles. The second kappa shape index (κ2) is 4.09. The summed E-state index contributed by atoms with van der Waals surface area (Å²) < 4.78 is 0. The Morgan fingerprint density at radius 3 is 1.90 bits per heavy atom. The largest absolute Gasteiger partial charge is 0.0683 e. The molecule has 10 atom stereocenters. The molecule has 6 bridgehead atoms. The molecule has 0 heterocycles. The summed E-state index contributed by atoms with van der Waals surface area (Å²) in [4.78, 5) is 0. The average Bonchev–Trinajstić information content (AvgIpc) is 3.25. The molecule has 0 nitrogen and oxygen atoms in total. The summed E-state index contributed by atoms with van der Waals surface area (Å²) in [6, 6.07) is 0. The van der Waals surface area contributed by atoms with Crippen molar-refractivity contribution in [1.82, 2.24) is 0 Å². The summed E-state index contributed by atoms with van der Waals surface area (Å²) in [5.41, 5.74) is 0.698. The van der Waals surface area contributed by atoms with Crippen molar-refractivity contribution in [2.24, 2.45) is 64.6 Å². The van der Waals surface area contributed by atoms with Crippen molar-refractivity contribution in [2.45, 2.75) is 66.2 Å². The van der Waals surface area contributed by atoms with Crippen LogP contribution in [0.25, 0.3) is 0 Å². The zero-order valence-corrected chi connectivity index (χ0v) is 14.5. The molecule has 0 aromatic heterocycles. The maximum absolute atomic E-state index is 2.60. The van der Waals surface area contributed by atoms with Gasteiger partial charge < -0.3 is 0 Å². The van der Waals surface area contributed by atoms with Crippen LogP contribution in [0.15, 0.2) is 0 Å². The number of hydrogen-bond acceptors (Lipinski definition) is 0. The van der Waals surface area contributed by atoms with Crippen LogP contribution in [0.1, 0.15) is 66.2 Å². The molecule has 6 aliphatic carbocycles. The van der Waals surface area contributed by atoms with Crippen LogP contribution in [0.2, 0.25) is 0 Å². The van der Waals surface area contributed by atoms with Gasteiger partial charge in [-0.1, -0.05) is 27.7 Å². The van der Waals surface area contributed by atoms with E-state index in [4.69, 9.17) is 0 Å². The van der Waals surface area contributed by atoms with Gasteiger partial charge in [-0.2, -0.15) is 0 Å². The van der Waals surface area contributed by atoms with E-state index in [0.717, 1.165) is 11.8 Å². The molecule has 6 saturated carbocycles.